The number of anilines is 2. The zero-order chi connectivity index (χ0) is 27.8. The van der Waals surface area contributed by atoms with Crippen molar-refractivity contribution < 1.29 is 14.4 Å². The van der Waals surface area contributed by atoms with Crippen LogP contribution in [0.4, 0.5) is 11.5 Å². The SMILES string of the molecule is CNCc1ccccc1CN(CC(=O)Nc1cnc2c(c1)CC1(C2)C(=O)Nc2ncccc21)C(=O)C(C)(C)C. The summed E-state index contributed by atoms with van der Waals surface area (Å²) in [5.41, 5.74) is 3.89. The number of pyridine rings is 2. The Morgan fingerprint density at radius 1 is 1.08 bits per heavy atom. The molecule has 39 heavy (non-hydrogen) atoms. The van der Waals surface area contributed by atoms with Crippen LogP contribution in [0.25, 0.3) is 0 Å². The molecule has 3 amide bonds. The first-order valence-corrected chi connectivity index (χ1v) is 13.2. The molecule has 3 aromatic rings. The summed E-state index contributed by atoms with van der Waals surface area (Å²) < 4.78 is 0. The number of amides is 3. The predicted octanol–water partition coefficient (Wildman–Crippen LogP) is 3.20. The maximum absolute atomic E-state index is 13.3. The molecule has 3 heterocycles. The molecule has 9 heteroatoms. The van der Waals surface area contributed by atoms with Crippen molar-refractivity contribution in [3.8, 4) is 0 Å². The summed E-state index contributed by atoms with van der Waals surface area (Å²) in [5.74, 6) is 0.116. The molecule has 9 nitrogen and oxygen atoms in total. The van der Waals surface area contributed by atoms with Crippen molar-refractivity contribution in [1.82, 2.24) is 20.2 Å². The van der Waals surface area contributed by atoms with Gasteiger partial charge in [0.1, 0.15) is 12.4 Å². The molecular formula is C30H34N6O3. The Morgan fingerprint density at radius 3 is 2.59 bits per heavy atom. The molecule has 1 atom stereocenters. The zero-order valence-electron chi connectivity index (χ0n) is 22.8. The van der Waals surface area contributed by atoms with Gasteiger partial charge in [-0.15, -0.1) is 0 Å². The van der Waals surface area contributed by atoms with Crippen LogP contribution in [0.5, 0.6) is 0 Å². The molecule has 3 N–H and O–H groups in total. The highest BCUT2D eigenvalue weighted by atomic mass is 16.2. The van der Waals surface area contributed by atoms with E-state index >= 15 is 0 Å². The molecule has 0 saturated carbocycles. The molecule has 1 spiro atoms. The summed E-state index contributed by atoms with van der Waals surface area (Å²) in [6.07, 6.45) is 4.26. The first kappa shape index (κ1) is 26.5. The van der Waals surface area contributed by atoms with E-state index in [-0.39, 0.29) is 24.3 Å². The number of carbonyl (C=O) groups is 3. The van der Waals surface area contributed by atoms with Crippen LogP contribution in [0.15, 0.2) is 54.9 Å². The third-order valence-electron chi connectivity index (χ3n) is 7.41. The van der Waals surface area contributed by atoms with E-state index in [1.807, 2.05) is 70.3 Å². The highest BCUT2D eigenvalue weighted by Crippen LogP contribution is 2.46. The van der Waals surface area contributed by atoms with E-state index in [4.69, 9.17) is 0 Å². The second-order valence-electron chi connectivity index (χ2n) is 11.4. The zero-order valence-corrected chi connectivity index (χ0v) is 22.8. The lowest BCUT2D eigenvalue weighted by Crippen LogP contribution is -2.43. The number of nitrogens with zero attached hydrogens (tertiary/aromatic N) is 3. The van der Waals surface area contributed by atoms with Gasteiger partial charge in [0, 0.05) is 42.4 Å². The number of carbonyl (C=O) groups excluding carboxylic acids is 3. The summed E-state index contributed by atoms with van der Waals surface area (Å²) in [6, 6.07) is 13.6. The summed E-state index contributed by atoms with van der Waals surface area (Å²) in [6.45, 7) is 6.47. The molecule has 0 saturated heterocycles. The summed E-state index contributed by atoms with van der Waals surface area (Å²) in [4.78, 5) is 50.0. The molecule has 2 aliphatic rings. The van der Waals surface area contributed by atoms with E-state index in [0.29, 0.717) is 37.4 Å². The average molecular weight is 527 g/mol. The van der Waals surface area contributed by atoms with Gasteiger partial charge in [0.15, 0.2) is 0 Å². The fourth-order valence-electron chi connectivity index (χ4n) is 5.51. The van der Waals surface area contributed by atoms with Crippen molar-refractivity contribution in [2.45, 2.75) is 52.1 Å². The Hall–Kier alpha value is -4.11. The van der Waals surface area contributed by atoms with E-state index in [2.05, 4.69) is 25.9 Å². The number of fused-ring (bicyclic) bond motifs is 3. The molecule has 2 aromatic heterocycles. The topological polar surface area (TPSA) is 116 Å². The molecule has 1 aliphatic carbocycles. The Bertz CT molecular complexity index is 1450. The van der Waals surface area contributed by atoms with E-state index in [9.17, 15) is 14.4 Å². The summed E-state index contributed by atoms with van der Waals surface area (Å²) >= 11 is 0. The fraction of sp³-hybridized carbons (Fsp3) is 0.367. The van der Waals surface area contributed by atoms with Gasteiger partial charge in [-0.2, -0.15) is 0 Å². The van der Waals surface area contributed by atoms with E-state index in [0.717, 1.165) is 27.9 Å². The molecule has 0 fully saturated rings. The maximum atomic E-state index is 13.3. The number of aromatic nitrogens is 2. The lowest BCUT2D eigenvalue weighted by Gasteiger charge is -2.30. The Labute approximate surface area is 228 Å². The predicted molar refractivity (Wildman–Crippen MR) is 149 cm³/mol. The van der Waals surface area contributed by atoms with Gasteiger partial charge in [0.25, 0.3) is 0 Å². The van der Waals surface area contributed by atoms with Crippen LogP contribution in [0.3, 0.4) is 0 Å². The van der Waals surface area contributed by atoms with Crippen LogP contribution < -0.4 is 16.0 Å². The molecule has 0 bridgehead atoms. The monoisotopic (exact) mass is 526 g/mol. The van der Waals surface area contributed by atoms with Crippen molar-refractivity contribution >= 4 is 29.2 Å². The van der Waals surface area contributed by atoms with Gasteiger partial charge in [-0.25, -0.2) is 4.98 Å². The molecule has 1 unspecified atom stereocenters. The number of hydrogen-bond acceptors (Lipinski definition) is 6. The van der Waals surface area contributed by atoms with E-state index in [1.165, 1.54) is 0 Å². The average Bonchev–Trinajstić information content (AvgIpc) is 3.41. The number of hydrogen-bond donors (Lipinski definition) is 3. The van der Waals surface area contributed by atoms with Crippen LogP contribution in [-0.4, -0.2) is 46.2 Å². The minimum atomic E-state index is -0.724. The normalized spacial score (nSPS) is 17.5. The quantitative estimate of drug-likeness (QED) is 0.436. The van der Waals surface area contributed by atoms with Crippen LogP contribution >= 0.6 is 0 Å². The third kappa shape index (κ3) is 5.14. The lowest BCUT2D eigenvalue weighted by molar-refractivity contribution is -0.142. The highest BCUT2D eigenvalue weighted by Gasteiger charge is 2.51. The minimum absolute atomic E-state index is 0.0744. The van der Waals surface area contributed by atoms with Gasteiger partial charge in [0.05, 0.1) is 17.3 Å². The summed E-state index contributed by atoms with van der Waals surface area (Å²) in [5, 5.41) is 8.98. The first-order chi connectivity index (χ1) is 18.6. The second kappa shape index (κ2) is 10.2. The van der Waals surface area contributed by atoms with Gasteiger partial charge in [0.2, 0.25) is 17.7 Å². The highest BCUT2D eigenvalue weighted by molar-refractivity contribution is 6.06. The van der Waals surface area contributed by atoms with Crippen molar-refractivity contribution in [2.24, 2.45) is 5.41 Å². The third-order valence-corrected chi connectivity index (χ3v) is 7.41. The van der Waals surface area contributed by atoms with E-state index < -0.39 is 10.8 Å². The smallest absolute Gasteiger partial charge is 0.244 e. The molecule has 5 rings (SSSR count). The molecule has 1 aliphatic heterocycles. The largest absolute Gasteiger partial charge is 0.329 e. The summed E-state index contributed by atoms with van der Waals surface area (Å²) in [7, 11) is 1.88. The van der Waals surface area contributed by atoms with E-state index in [1.54, 1.807) is 17.3 Å². The van der Waals surface area contributed by atoms with Crippen molar-refractivity contribution in [3.63, 3.8) is 0 Å². The van der Waals surface area contributed by atoms with Gasteiger partial charge in [-0.1, -0.05) is 51.1 Å². The lowest BCUT2D eigenvalue weighted by atomic mass is 9.80. The number of nitrogens with one attached hydrogen (secondary N) is 3. The van der Waals surface area contributed by atoms with Gasteiger partial charge < -0.3 is 20.9 Å². The van der Waals surface area contributed by atoms with Crippen molar-refractivity contribution in [2.75, 3.05) is 24.2 Å². The Kier molecular flexibility index (Phi) is 6.94. The first-order valence-electron chi connectivity index (χ1n) is 13.2. The molecular weight excluding hydrogens is 492 g/mol. The number of rotatable bonds is 7. The second-order valence-corrected chi connectivity index (χ2v) is 11.4. The fourth-order valence-corrected chi connectivity index (χ4v) is 5.51. The van der Waals surface area contributed by atoms with Gasteiger partial charge >= 0.3 is 0 Å². The van der Waals surface area contributed by atoms with Gasteiger partial charge in [-0.05, 0) is 42.3 Å². The van der Waals surface area contributed by atoms with Crippen LogP contribution in [0.1, 0.15) is 48.7 Å². The standard InChI is InChI=1S/C30H34N6O3/c1-29(2,3)28(39)36(17-20-9-6-5-8-19(20)15-31-4)18-25(37)34-22-12-21-13-30(14-24(21)33-16-22)23-10-7-11-32-26(23)35-27(30)38/h5-12,16,31H,13-15,17-18H2,1-4H3,(H,34,37)(H,32,35,38). The Balaban J connectivity index is 1.32. The Morgan fingerprint density at radius 2 is 1.85 bits per heavy atom. The van der Waals surface area contributed by atoms with Crippen LogP contribution in [-0.2, 0) is 45.7 Å². The molecule has 1 aromatic carbocycles. The van der Waals surface area contributed by atoms with Crippen molar-refractivity contribution in [3.05, 3.63) is 82.8 Å². The van der Waals surface area contributed by atoms with Crippen molar-refractivity contribution in [1.29, 1.82) is 0 Å². The molecule has 202 valence electrons. The maximum Gasteiger partial charge on any atom is 0.244 e. The van der Waals surface area contributed by atoms with Crippen LogP contribution in [0, 0.1) is 5.41 Å². The van der Waals surface area contributed by atoms with Gasteiger partial charge in [-0.3, -0.25) is 19.4 Å². The number of benzene rings is 1. The minimum Gasteiger partial charge on any atom is -0.329 e. The van der Waals surface area contributed by atoms with Crippen LogP contribution in [0.2, 0.25) is 0 Å². The molecule has 0 radical (unpaired) electrons.